The number of carbonyl (C=O) groups is 1. The van der Waals surface area contributed by atoms with Crippen molar-refractivity contribution in [2.45, 2.75) is 6.92 Å². The summed E-state index contributed by atoms with van der Waals surface area (Å²) in [5, 5.41) is 0. The minimum atomic E-state index is -0.465. The summed E-state index contributed by atoms with van der Waals surface area (Å²) in [4.78, 5) is 16.1. The van der Waals surface area contributed by atoms with E-state index in [-0.39, 0.29) is 0 Å². The van der Waals surface area contributed by atoms with Crippen LogP contribution in [0.4, 0.5) is 0 Å². The average molecular weight is 309 g/mol. The van der Waals surface area contributed by atoms with Crippen LogP contribution in [0.5, 0.6) is 11.5 Å². The molecule has 0 N–H and O–H groups in total. The number of fused-ring (bicyclic) bond motifs is 1. The Balaban J connectivity index is 1.71. The predicted molar refractivity (Wildman–Crippen MR) is 86.4 cm³/mol. The van der Waals surface area contributed by atoms with E-state index in [1.165, 1.54) is 6.08 Å². The topological polar surface area (TPSA) is 61.6 Å². The van der Waals surface area contributed by atoms with Gasteiger partial charge in [-0.2, -0.15) is 0 Å². The number of benzene rings is 2. The molecule has 0 fully saturated rings. The van der Waals surface area contributed by atoms with Crippen molar-refractivity contribution in [3.63, 3.8) is 0 Å². The molecule has 3 rings (SSSR count). The highest BCUT2D eigenvalue weighted by Gasteiger charge is 2.06. The molecule has 1 aromatic heterocycles. The molecule has 0 aliphatic heterocycles. The van der Waals surface area contributed by atoms with Gasteiger partial charge in [-0.25, -0.2) is 9.78 Å². The van der Waals surface area contributed by atoms with Crippen LogP contribution in [0.25, 0.3) is 17.2 Å². The Morgan fingerprint density at radius 3 is 2.87 bits per heavy atom. The van der Waals surface area contributed by atoms with Gasteiger partial charge in [0.15, 0.2) is 11.5 Å². The Hall–Kier alpha value is -3.08. The predicted octanol–water partition coefficient (Wildman–Crippen LogP) is 3.76. The van der Waals surface area contributed by atoms with Crippen molar-refractivity contribution in [2.24, 2.45) is 0 Å². The number of aromatic nitrogens is 1. The quantitative estimate of drug-likeness (QED) is 0.417. The van der Waals surface area contributed by atoms with Crippen LogP contribution < -0.4 is 9.47 Å². The molecule has 0 bridgehead atoms. The standard InChI is InChI=1S/C18H15NO4/c1-12-19-16-11-15(7-8-17(16)22-12)23-18(20)9-6-13-4-3-5-14(10-13)21-2/h3-11H,1-2H3/b9-6+. The summed E-state index contributed by atoms with van der Waals surface area (Å²) in [6.07, 6.45) is 3.04. The maximum atomic E-state index is 11.9. The second kappa shape index (κ2) is 6.36. The Morgan fingerprint density at radius 2 is 2.04 bits per heavy atom. The van der Waals surface area contributed by atoms with Gasteiger partial charge in [-0.15, -0.1) is 0 Å². The van der Waals surface area contributed by atoms with Gasteiger partial charge in [0, 0.05) is 19.1 Å². The molecule has 0 amide bonds. The Labute approximate surface area is 133 Å². The Morgan fingerprint density at radius 1 is 1.17 bits per heavy atom. The van der Waals surface area contributed by atoms with Crippen molar-refractivity contribution < 1.29 is 18.7 Å². The molecule has 1 heterocycles. The maximum absolute atomic E-state index is 11.9. The number of hydrogen-bond acceptors (Lipinski definition) is 5. The van der Waals surface area contributed by atoms with Gasteiger partial charge in [0.05, 0.1) is 7.11 Å². The third kappa shape index (κ3) is 3.58. The summed E-state index contributed by atoms with van der Waals surface area (Å²) in [6.45, 7) is 1.77. The fraction of sp³-hybridized carbons (Fsp3) is 0.111. The lowest BCUT2D eigenvalue weighted by molar-refractivity contribution is -0.128. The lowest BCUT2D eigenvalue weighted by Gasteiger charge is -2.01. The maximum Gasteiger partial charge on any atom is 0.336 e. The third-order valence-corrected chi connectivity index (χ3v) is 3.19. The van der Waals surface area contributed by atoms with Crippen LogP contribution in [0, 0.1) is 6.92 Å². The van der Waals surface area contributed by atoms with Crippen LogP contribution in [0.2, 0.25) is 0 Å². The summed E-state index contributed by atoms with van der Waals surface area (Å²) in [7, 11) is 1.60. The van der Waals surface area contributed by atoms with E-state index in [0.717, 1.165) is 11.3 Å². The zero-order chi connectivity index (χ0) is 16.2. The highest BCUT2D eigenvalue weighted by Crippen LogP contribution is 2.21. The number of aryl methyl sites for hydroxylation is 1. The van der Waals surface area contributed by atoms with Crippen molar-refractivity contribution in [3.8, 4) is 11.5 Å². The van der Waals surface area contributed by atoms with Crippen molar-refractivity contribution in [3.05, 3.63) is 60.0 Å². The molecule has 2 aromatic carbocycles. The zero-order valence-electron chi connectivity index (χ0n) is 12.8. The van der Waals surface area contributed by atoms with Crippen molar-refractivity contribution >= 4 is 23.1 Å². The summed E-state index contributed by atoms with van der Waals surface area (Å²) in [5.74, 6) is 1.26. The van der Waals surface area contributed by atoms with E-state index in [0.29, 0.717) is 22.7 Å². The van der Waals surface area contributed by atoms with Gasteiger partial charge >= 0.3 is 5.97 Å². The molecule has 116 valence electrons. The van der Waals surface area contributed by atoms with Gasteiger partial charge in [-0.3, -0.25) is 0 Å². The molecule has 0 aliphatic carbocycles. The fourth-order valence-corrected chi connectivity index (χ4v) is 2.15. The first-order chi connectivity index (χ1) is 11.1. The number of rotatable bonds is 4. The summed E-state index contributed by atoms with van der Waals surface area (Å²) in [6, 6.07) is 12.5. The zero-order valence-corrected chi connectivity index (χ0v) is 12.8. The largest absolute Gasteiger partial charge is 0.497 e. The minimum Gasteiger partial charge on any atom is -0.497 e. The molecular weight excluding hydrogens is 294 g/mol. The molecule has 3 aromatic rings. The van der Waals surface area contributed by atoms with Crippen LogP contribution in [-0.4, -0.2) is 18.1 Å². The van der Waals surface area contributed by atoms with Crippen LogP contribution >= 0.6 is 0 Å². The second-order valence-electron chi connectivity index (χ2n) is 4.89. The second-order valence-corrected chi connectivity index (χ2v) is 4.89. The average Bonchev–Trinajstić information content (AvgIpc) is 2.92. The van der Waals surface area contributed by atoms with E-state index in [9.17, 15) is 4.79 Å². The number of nitrogens with zero attached hydrogens (tertiary/aromatic N) is 1. The third-order valence-electron chi connectivity index (χ3n) is 3.19. The summed E-state index contributed by atoms with van der Waals surface area (Å²) in [5.41, 5.74) is 2.17. The lowest BCUT2D eigenvalue weighted by atomic mass is 10.2. The van der Waals surface area contributed by atoms with Crippen LogP contribution in [0.1, 0.15) is 11.5 Å². The molecule has 0 spiro atoms. The van der Waals surface area contributed by atoms with Gasteiger partial charge < -0.3 is 13.9 Å². The summed E-state index contributed by atoms with van der Waals surface area (Å²) >= 11 is 0. The van der Waals surface area contributed by atoms with Gasteiger partial charge in [-0.05, 0) is 35.9 Å². The van der Waals surface area contributed by atoms with E-state index in [1.54, 1.807) is 38.3 Å². The summed E-state index contributed by atoms with van der Waals surface area (Å²) < 4.78 is 15.8. The monoisotopic (exact) mass is 309 g/mol. The lowest BCUT2D eigenvalue weighted by Crippen LogP contribution is -2.03. The molecule has 0 saturated heterocycles. The number of oxazole rings is 1. The number of esters is 1. The van der Waals surface area contributed by atoms with E-state index < -0.39 is 5.97 Å². The molecule has 0 radical (unpaired) electrons. The number of hydrogen-bond donors (Lipinski definition) is 0. The minimum absolute atomic E-state index is 0.422. The highest BCUT2D eigenvalue weighted by atomic mass is 16.5. The van der Waals surface area contributed by atoms with E-state index in [1.807, 2.05) is 24.3 Å². The number of methoxy groups -OCH3 is 1. The molecule has 5 nitrogen and oxygen atoms in total. The normalized spacial score (nSPS) is 11.0. The molecule has 23 heavy (non-hydrogen) atoms. The SMILES string of the molecule is COc1cccc(/C=C/C(=O)Oc2ccc3oc(C)nc3c2)c1. The van der Waals surface area contributed by atoms with Gasteiger partial charge in [0.2, 0.25) is 0 Å². The highest BCUT2D eigenvalue weighted by molar-refractivity contribution is 5.89. The van der Waals surface area contributed by atoms with Crippen molar-refractivity contribution in [2.75, 3.05) is 7.11 Å². The first kappa shape index (κ1) is 14.8. The molecule has 0 unspecified atom stereocenters. The number of ether oxygens (including phenoxy) is 2. The van der Waals surface area contributed by atoms with Gasteiger partial charge in [-0.1, -0.05) is 12.1 Å². The van der Waals surface area contributed by atoms with E-state index >= 15 is 0 Å². The van der Waals surface area contributed by atoms with Gasteiger partial charge in [0.25, 0.3) is 0 Å². The first-order valence-corrected chi connectivity index (χ1v) is 7.05. The van der Waals surface area contributed by atoms with Gasteiger partial charge in [0.1, 0.15) is 17.0 Å². The molecular formula is C18H15NO4. The molecule has 0 aliphatic rings. The van der Waals surface area contributed by atoms with Crippen LogP contribution in [0.3, 0.4) is 0 Å². The van der Waals surface area contributed by atoms with Crippen molar-refractivity contribution in [1.82, 2.24) is 4.98 Å². The van der Waals surface area contributed by atoms with E-state index in [2.05, 4.69) is 4.98 Å². The fourth-order valence-electron chi connectivity index (χ4n) is 2.15. The van der Waals surface area contributed by atoms with E-state index in [4.69, 9.17) is 13.9 Å². The Kier molecular flexibility index (Phi) is 4.10. The van der Waals surface area contributed by atoms with Crippen molar-refractivity contribution in [1.29, 1.82) is 0 Å². The molecule has 5 heteroatoms. The van der Waals surface area contributed by atoms with Crippen LogP contribution in [0.15, 0.2) is 53.0 Å². The molecule has 0 saturated carbocycles. The molecule has 0 atom stereocenters. The smallest absolute Gasteiger partial charge is 0.336 e. The Bertz CT molecular complexity index is 880. The first-order valence-electron chi connectivity index (χ1n) is 7.05. The number of carbonyl (C=O) groups excluding carboxylic acids is 1. The van der Waals surface area contributed by atoms with Crippen LogP contribution in [-0.2, 0) is 4.79 Å².